The number of nitrogens with one attached hydrogen (secondary N) is 2. The molecular weight excluding hydrogens is 406 g/mol. The first-order valence-electron chi connectivity index (χ1n) is 9.25. The minimum atomic E-state index is -0.569. The van der Waals surface area contributed by atoms with Crippen LogP contribution in [0, 0.1) is 0 Å². The Hall–Kier alpha value is -3.33. The highest BCUT2D eigenvalue weighted by Gasteiger charge is 2.32. The van der Waals surface area contributed by atoms with Crippen molar-refractivity contribution in [3.8, 4) is 5.75 Å². The van der Waals surface area contributed by atoms with Crippen LogP contribution in [0.15, 0.2) is 53.5 Å². The maximum Gasteiger partial charge on any atom is 0.338 e. The predicted octanol–water partition coefficient (Wildman–Crippen LogP) is 3.12. The highest BCUT2D eigenvalue weighted by Crippen LogP contribution is 2.26. The van der Waals surface area contributed by atoms with Crippen LogP contribution in [0.4, 0.5) is 11.4 Å². The van der Waals surface area contributed by atoms with Crippen molar-refractivity contribution in [3.05, 3.63) is 54.1 Å². The summed E-state index contributed by atoms with van der Waals surface area (Å²) >= 11 is 1.21. The summed E-state index contributed by atoms with van der Waals surface area (Å²) in [6.45, 7) is 2.03. The van der Waals surface area contributed by atoms with Gasteiger partial charge in [-0.1, -0.05) is 11.8 Å². The number of aliphatic imine (C=N–C) groups is 1. The first-order chi connectivity index (χ1) is 14.5. The fourth-order valence-corrected chi connectivity index (χ4v) is 3.64. The van der Waals surface area contributed by atoms with Gasteiger partial charge < -0.3 is 20.1 Å². The second-order valence-electron chi connectivity index (χ2n) is 6.26. The summed E-state index contributed by atoms with van der Waals surface area (Å²) < 4.78 is 10.0. The summed E-state index contributed by atoms with van der Waals surface area (Å²) in [5.74, 6) is -0.276. The van der Waals surface area contributed by atoms with Crippen LogP contribution >= 0.6 is 11.8 Å². The largest absolute Gasteiger partial charge is 0.497 e. The summed E-state index contributed by atoms with van der Waals surface area (Å²) in [6.07, 6.45) is -0.00222. The van der Waals surface area contributed by atoms with Crippen LogP contribution in [0.2, 0.25) is 0 Å². The van der Waals surface area contributed by atoms with Gasteiger partial charge in [0.2, 0.25) is 11.8 Å². The SMILES string of the molecule is CCOC(=O)c1ccc(NC(=O)CC2SC(=Nc3ccc(OC)cc3)NC2=O)cc1. The number of amidine groups is 1. The third-order valence-electron chi connectivity index (χ3n) is 4.13. The van der Waals surface area contributed by atoms with Crippen molar-refractivity contribution in [2.75, 3.05) is 19.0 Å². The zero-order valence-electron chi connectivity index (χ0n) is 16.5. The van der Waals surface area contributed by atoms with Gasteiger partial charge in [-0.25, -0.2) is 9.79 Å². The first-order valence-corrected chi connectivity index (χ1v) is 10.1. The van der Waals surface area contributed by atoms with E-state index < -0.39 is 11.2 Å². The van der Waals surface area contributed by atoms with Crippen molar-refractivity contribution in [1.82, 2.24) is 5.32 Å². The number of carbonyl (C=O) groups excluding carboxylic acids is 3. The van der Waals surface area contributed by atoms with Crippen molar-refractivity contribution < 1.29 is 23.9 Å². The number of amides is 2. The highest BCUT2D eigenvalue weighted by molar-refractivity contribution is 8.15. The summed E-state index contributed by atoms with van der Waals surface area (Å²) in [5.41, 5.74) is 1.61. The molecule has 1 aliphatic heterocycles. The fraction of sp³-hybridized carbons (Fsp3) is 0.238. The van der Waals surface area contributed by atoms with E-state index in [0.717, 1.165) is 0 Å². The molecule has 2 aromatic rings. The van der Waals surface area contributed by atoms with Crippen molar-refractivity contribution >= 4 is 46.1 Å². The molecular formula is C21H21N3O5S. The van der Waals surface area contributed by atoms with Gasteiger partial charge >= 0.3 is 5.97 Å². The summed E-state index contributed by atoms with van der Waals surface area (Å²) in [7, 11) is 1.58. The van der Waals surface area contributed by atoms with Gasteiger partial charge in [0, 0.05) is 12.1 Å². The van der Waals surface area contributed by atoms with E-state index in [0.29, 0.717) is 34.5 Å². The lowest BCUT2D eigenvalue weighted by Gasteiger charge is -2.08. The molecule has 3 rings (SSSR count). The molecule has 9 heteroatoms. The van der Waals surface area contributed by atoms with E-state index in [1.54, 1.807) is 62.6 Å². The molecule has 2 aromatic carbocycles. The van der Waals surface area contributed by atoms with Gasteiger partial charge in [0.15, 0.2) is 5.17 Å². The van der Waals surface area contributed by atoms with Crippen LogP contribution in [0.25, 0.3) is 0 Å². The molecule has 0 aliphatic carbocycles. The second-order valence-corrected chi connectivity index (χ2v) is 7.45. The predicted molar refractivity (Wildman–Crippen MR) is 115 cm³/mol. The Morgan fingerprint density at radius 3 is 2.47 bits per heavy atom. The summed E-state index contributed by atoms with van der Waals surface area (Å²) in [4.78, 5) is 40.5. The number of rotatable bonds is 7. The Kier molecular flexibility index (Phi) is 7.08. The lowest BCUT2D eigenvalue weighted by Crippen LogP contribution is -2.28. The van der Waals surface area contributed by atoms with Crippen LogP contribution < -0.4 is 15.4 Å². The second kappa shape index (κ2) is 9.93. The topological polar surface area (TPSA) is 106 Å². The lowest BCUT2D eigenvalue weighted by molar-refractivity contribution is -0.122. The lowest BCUT2D eigenvalue weighted by atomic mass is 10.2. The number of thioether (sulfide) groups is 1. The standard InChI is InChI=1S/C21H21N3O5S/c1-3-29-20(27)13-4-6-14(7-5-13)22-18(25)12-17-19(26)24-21(30-17)23-15-8-10-16(28-2)11-9-15/h4-11,17H,3,12H2,1-2H3,(H,22,25)(H,23,24,26). The maximum absolute atomic E-state index is 12.3. The van der Waals surface area contributed by atoms with Crippen molar-refractivity contribution in [2.45, 2.75) is 18.6 Å². The highest BCUT2D eigenvalue weighted by atomic mass is 32.2. The molecule has 156 valence electrons. The number of nitrogens with zero attached hydrogens (tertiary/aromatic N) is 1. The third-order valence-corrected chi connectivity index (χ3v) is 5.21. The first kappa shape index (κ1) is 21.4. The number of esters is 1. The molecule has 1 atom stereocenters. The average molecular weight is 427 g/mol. The number of carbonyl (C=O) groups is 3. The minimum absolute atomic E-state index is 0.00222. The summed E-state index contributed by atoms with van der Waals surface area (Å²) in [5, 5.41) is 5.30. The molecule has 30 heavy (non-hydrogen) atoms. The number of benzene rings is 2. The number of ether oxygens (including phenoxy) is 2. The number of hydrogen-bond donors (Lipinski definition) is 2. The van der Waals surface area contributed by atoms with Crippen molar-refractivity contribution in [1.29, 1.82) is 0 Å². The van der Waals surface area contributed by atoms with Crippen LogP contribution in [-0.2, 0) is 14.3 Å². The van der Waals surface area contributed by atoms with Gasteiger partial charge in [-0.15, -0.1) is 0 Å². The van der Waals surface area contributed by atoms with Gasteiger partial charge in [-0.3, -0.25) is 9.59 Å². The molecule has 0 bridgehead atoms. The van der Waals surface area contributed by atoms with E-state index in [-0.39, 0.29) is 18.2 Å². The smallest absolute Gasteiger partial charge is 0.338 e. The van der Waals surface area contributed by atoms with Crippen molar-refractivity contribution in [3.63, 3.8) is 0 Å². The van der Waals surface area contributed by atoms with E-state index in [2.05, 4.69) is 15.6 Å². The van der Waals surface area contributed by atoms with Crippen LogP contribution in [0.3, 0.4) is 0 Å². The molecule has 1 unspecified atom stereocenters. The average Bonchev–Trinajstić information content (AvgIpc) is 3.07. The van der Waals surface area contributed by atoms with E-state index in [4.69, 9.17) is 9.47 Å². The van der Waals surface area contributed by atoms with Crippen LogP contribution in [0.5, 0.6) is 5.75 Å². The molecule has 0 aromatic heterocycles. The molecule has 0 radical (unpaired) electrons. The molecule has 1 saturated heterocycles. The van der Waals surface area contributed by atoms with E-state index in [1.807, 2.05) is 0 Å². The molecule has 0 spiro atoms. The number of methoxy groups -OCH3 is 1. The molecule has 0 saturated carbocycles. The zero-order valence-corrected chi connectivity index (χ0v) is 17.3. The van der Waals surface area contributed by atoms with Crippen LogP contribution in [0.1, 0.15) is 23.7 Å². The van der Waals surface area contributed by atoms with E-state index in [1.165, 1.54) is 11.8 Å². The Morgan fingerprint density at radius 1 is 1.13 bits per heavy atom. The van der Waals surface area contributed by atoms with Gasteiger partial charge in [0.05, 0.1) is 25.0 Å². The monoisotopic (exact) mass is 427 g/mol. The Morgan fingerprint density at radius 2 is 1.83 bits per heavy atom. The van der Waals surface area contributed by atoms with E-state index in [9.17, 15) is 14.4 Å². The fourth-order valence-electron chi connectivity index (χ4n) is 2.65. The van der Waals surface area contributed by atoms with Gasteiger partial charge in [0.25, 0.3) is 0 Å². The van der Waals surface area contributed by atoms with Gasteiger partial charge in [-0.2, -0.15) is 0 Å². The molecule has 1 heterocycles. The molecule has 2 amide bonds. The molecule has 2 N–H and O–H groups in total. The zero-order chi connectivity index (χ0) is 21.5. The van der Waals surface area contributed by atoms with Crippen LogP contribution in [-0.4, -0.2) is 41.9 Å². The summed E-state index contributed by atoms with van der Waals surface area (Å²) in [6, 6.07) is 13.5. The molecule has 8 nitrogen and oxygen atoms in total. The Balaban J connectivity index is 1.55. The number of anilines is 1. The Bertz CT molecular complexity index is 958. The normalized spacial score (nSPS) is 16.8. The minimum Gasteiger partial charge on any atom is -0.497 e. The quantitative estimate of drug-likeness (QED) is 0.658. The number of hydrogen-bond acceptors (Lipinski definition) is 7. The molecule has 1 aliphatic rings. The third kappa shape index (κ3) is 5.60. The molecule has 1 fully saturated rings. The van der Waals surface area contributed by atoms with Gasteiger partial charge in [0.1, 0.15) is 11.0 Å². The van der Waals surface area contributed by atoms with Crippen molar-refractivity contribution in [2.24, 2.45) is 4.99 Å². The maximum atomic E-state index is 12.3. The Labute approximate surface area is 178 Å². The van der Waals surface area contributed by atoms with Gasteiger partial charge in [-0.05, 0) is 55.5 Å². The van der Waals surface area contributed by atoms with E-state index >= 15 is 0 Å².